The van der Waals surface area contributed by atoms with Gasteiger partial charge in [0.2, 0.25) is 15.9 Å². The number of sulfonamides is 1. The molecule has 0 unspecified atom stereocenters. The minimum Gasteiger partial charge on any atom is -0.495 e. The molecule has 1 amide bonds. The number of nitro groups is 1. The number of ether oxygens (including phenoxy) is 1. The van der Waals surface area contributed by atoms with E-state index in [-0.39, 0.29) is 34.6 Å². The van der Waals surface area contributed by atoms with Crippen LogP contribution >= 0.6 is 11.6 Å². The second-order valence-corrected chi connectivity index (χ2v) is 9.59. The Bertz CT molecular complexity index is 1120. The van der Waals surface area contributed by atoms with Gasteiger partial charge in [-0.15, -0.1) is 0 Å². The predicted molar refractivity (Wildman–Crippen MR) is 116 cm³/mol. The van der Waals surface area contributed by atoms with Crippen molar-refractivity contribution in [2.75, 3.05) is 25.5 Å². The fourth-order valence-corrected chi connectivity index (χ4v) is 5.30. The molecule has 1 N–H and O–H groups in total. The van der Waals surface area contributed by atoms with Crippen LogP contribution in [0.2, 0.25) is 5.02 Å². The summed E-state index contributed by atoms with van der Waals surface area (Å²) in [5.74, 6) is -0.601. The number of hydrogen-bond donors (Lipinski definition) is 1. The molecule has 2 aromatic carbocycles. The number of rotatable bonds is 6. The summed E-state index contributed by atoms with van der Waals surface area (Å²) in [6, 6.07) is 8.43. The summed E-state index contributed by atoms with van der Waals surface area (Å²) in [7, 11) is -2.41. The Hall–Kier alpha value is -2.69. The summed E-state index contributed by atoms with van der Waals surface area (Å²) in [6.07, 6.45) is 1.02. The normalized spacial score (nSPS) is 17.2. The molecule has 0 aromatic heterocycles. The van der Waals surface area contributed by atoms with Gasteiger partial charge in [-0.1, -0.05) is 17.7 Å². The summed E-state index contributed by atoms with van der Waals surface area (Å²) in [5.41, 5.74) is 0.873. The van der Waals surface area contributed by atoms with Crippen LogP contribution in [0.5, 0.6) is 5.75 Å². The van der Waals surface area contributed by atoms with E-state index in [2.05, 4.69) is 5.32 Å². The van der Waals surface area contributed by atoms with Crippen LogP contribution < -0.4 is 10.1 Å². The number of amides is 1. The molecule has 166 valence electrons. The summed E-state index contributed by atoms with van der Waals surface area (Å²) < 4.78 is 32.4. The van der Waals surface area contributed by atoms with E-state index in [4.69, 9.17) is 16.3 Å². The van der Waals surface area contributed by atoms with Gasteiger partial charge in [-0.2, -0.15) is 4.31 Å². The highest BCUT2D eigenvalue weighted by molar-refractivity contribution is 7.89. The largest absolute Gasteiger partial charge is 0.495 e. The molecule has 0 radical (unpaired) electrons. The number of benzene rings is 2. The predicted octanol–water partition coefficient (Wildman–Crippen LogP) is 3.60. The molecule has 0 spiro atoms. The molecule has 11 heteroatoms. The van der Waals surface area contributed by atoms with Crippen LogP contribution in [0.15, 0.2) is 41.3 Å². The number of piperidine rings is 1. The van der Waals surface area contributed by atoms with E-state index in [0.717, 1.165) is 0 Å². The number of halogens is 1. The Morgan fingerprint density at radius 1 is 1.29 bits per heavy atom. The lowest BCUT2D eigenvalue weighted by atomic mass is 9.98. The standard InChI is InChI=1S/C20H22ClN3O6S/c1-13-5-6-15(24(26)27)10-18(13)22-20(25)14-4-3-9-23(12-14)31(28,29)16-7-8-19(30-2)17(21)11-16/h5-8,10-11,14H,3-4,9,12H2,1-2H3,(H,22,25)/t14-/m1/s1. The van der Waals surface area contributed by atoms with E-state index in [0.29, 0.717) is 29.8 Å². The monoisotopic (exact) mass is 467 g/mol. The van der Waals surface area contributed by atoms with E-state index in [1.165, 1.54) is 41.7 Å². The van der Waals surface area contributed by atoms with Gasteiger partial charge in [-0.05, 0) is 43.5 Å². The smallest absolute Gasteiger partial charge is 0.271 e. The van der Waals surface area contributed by atoms with Crippen LogP contribution in [0.3, 0.4) is 0 Å². The Morgan fingerprint density at radius 2 is 2.03 bits per heavy atom. The highest BCUT2D eigenvalue weighted by atomic mass is 35.5. The molecule has 0 bridgehead atoms. The molecule has 1 atom stereocenters. The number of hydrogen-bond acceptors (Lipinski definition) is 6. The summed E-state index contributed by atoms with van der Waals surface area (Å²) >= 11 is 6.07. The lowest BCUT2D eigenvalue weighted by Crippen LogP contribution is -2.43. The average molecular weight is 468 g/mol. The van der Waals surface area contributed by atoms with E-state index in [1.54, 1.807) is 13.0 Å². The van der Waals surface area contributed by atoms with Gasteiger partial charge < -0.3 is 10.1 Å². The third kappa shape index (κ3) is 4.97. The summed E-state index contributed by atoms with van der Waals surface area (Å²) in [4.78, 5) is 23.3. The van der Waals surface area contributed by atoms with E-state index in [1.807, 2.05) is 0 Å². The first-order chi connectivity index (χ1) is 14.6. The van der Waals surface area contributed by atoms with Gasteiger partial charge in [0.05, 0.1) is 33.6 Å². The lowest BCUT2D eigenvalue weighted by molar-refractivity contribution is -0.384. The maximum absolute atomic E-state index is 13.1. The van der Waals surface area contributed by atoms with Crippen molar-refractivity contribution in [3.63, 3.8) is 0 Å². The van der Waals surface area contributed by atoms with Crippen molar-refractivity contribution in [3.8, 4) is 5.75 Å². The molecule has 9 nitrogen and oxygen atoms in total. The van der Waals surface area contributed by atoms with E-state index >= 15 is 0 Å². The lowest BCUT2D eigenvalue weighted by Gasteiger charge is -2.31. The SMILES string of the molecule is COc1ccc(S(=O)(=O)N2CCC[C@@H](C(=O)Nc3cc([N+](=O)[O-])ccc3C)C2)cc1Cl. The number of methoxy groups -OCH3 is 1. The molecule has 1 heterocycles. The van der Waals surface area contributed by atoms with Crippen LogP contribution in [0.1, 0.15) is 18.4 Å². The van der Waals surface area contributed by atoms with Gasteiger partial charge in [-0.25, -0.2) is 8.42 Å². The quantitative estimate of drug-likeness (QED) is 0.512. The molecule has 0 saturated carbocycles. The maximum Gasteiger partial charge on any atom is 0.271 e. The van der Waals surface area contributed by atoms with E-state index < -0.39 is 20.9 Å². The highest BCUT2D eigenvalue weighted by Crippen LogP contribution is 2.31. The first kappa shape index (κ1) is 23.0. The number of aryl methyl sites for hydroxylation is 1. The van der Waals surface area contributed by atoms with Crippen molar-refractivity contribution >= 4 is 38.9 Å². The first-order valence-electron chi connectivity index (χ1n) is 9.53. The zero-order chi connectivity index (χ0) is 22.8. The van der Waals surface area contributed by atoms with Crippen molar-refractivity contribution in [1.82, 2.24) is 4.31 Å². The van der Waals surface area contributed by atoms with Crippen LogP contribution in [0.4, 0.5) is 11.4 Å². The van der Waals surface area contributed by atoms with Crippen molar-refractivity contribution in [3.05, 3.63) is 57.1 Å². The minimum atomic E-state index is -3.85. The molecule has 1 fully saturated rings. The summed E-state index contributed by atoms with van der Waals surface area (Å²) in [6.45, 7) is 2.02. The van der Waals surface area contributed by atoms with Gasteiger partial charge in [0, 0.05) is 25.2 Å². The summed E-state index contributed by atoms with van der Waals surface area (Å²) in [5, 5.41) is 13.9. The number of carbonyl (C=O) groups excluding carboxylic acids is 1. The Labute approximate surface area is 185 Å². The zero-order valence-corrected chi connectivity index (χ0v) is 18.6. The van der Waals surface area contributed by atoms with Crippen LogP contribution in [0.25, 0.3) is 0 Å². The number of carbonyl (C=O) groups is 1. The number of nitrogens with one attached hydrogen (secondary N) is 1. The Morgan fingerprint density at radius 3 is 2.68 bits per heavy atom. The second kappa shape index (κ2) is 9.21. The van der Waals surface area contributed by atoms with Gasteiger partial charge in [-0.3, -0.25) is 14.9 Å². The number of non-ortho nitro benzene ring substituents is 1. The van der Waals surface area contributed by atoms with Gasteiger partial charge in [0.1, 0.15) is 5.75 Å². The first-order valence-corrected chi connectivity index (χ1v) is 11.3. The second-order valence-electron chi connectivity index (χ2n) is 7.24. The third-order valence-corrected chi connectivity index (χ3v) is 7.36. The third-order valence-electron chi connectivity index (χ3n) is 5.21. The molecular formula is C20H22ClN3O6S. The van der Waals surface area contributed by atoms with Crippen LogP contribution in [-0.4, -0.2) is 43.8 Å². The molecule has 0 aliphatic carbocycles. The van der Waals surface area contributed by atoms with Crippen LogP contribution in [0, 0.1) is 23.0 Å². The molecule has 1 aliphatic heterocycles. The van der Waals surface area contributed by atoms with Gasteiger partial charge >= 0.3 is 0 Å². The zero-order valence-electron chi connectivity index (χ0n) is 17.0. The van der Waals surface area contributed by atoms with E-state index in [9.17, 15) is 23.3 Å². The fraction of sp³-hybridized carbons (Fsp3) is 0.350. The highest BCUT2D eigenvalue weighted by Gasteiger charge is 2.34. The molecule has 31 heavy (non-hydrogen) atoms. The molecule has 2 aromatic rings. The molecule has 3 rings (SSSR count). The van der Waals surface area contributed by atoms with Gasteiger partial charge in [0.25, 0.3) is 5.69 Å². The van der Waals surface area contributed by atoms with Crippen LogP contribution in [-0.2, 0) is 14.8 Å². The van der Waals surface area contributed by atoms with Crippen molar-refractivity contribution in [2.45, 2.75) is 24.7 Å². The average Bonchev–Trinajstić information content (AvgIpc) is 2.75. The molecule has 1 aliphatic rings. The number of nitrogens with zero attached hydrogens (tertiary/aromatic N) is 2. The maximum atomic E-state index is 13.1. The van der Waals surface area contributed by atoms with Gasteiger partial charge in [0.15, 0.2) is 0 Å². The number of nitro benzene ring substituents is 1. The topological polar surface area (TPSA) is 119 Å². The van der Waals surface area contributed by atoms with Crippen molar-refractivity contribution in [2.24, 2.45) is 5.92 Å². The molecule has 1 saturated heterocycles. The Kier molecular flexibility index (Phi) is 6.83. The van der Waals surface area contributed by atoms with Crippen molar-refractivity contribution < 1.29 is 22.9 Å². The minimum absolute atomic E-state index is 0.00574. The van der Waals surface area contributed by atoms with Crippen molar-refractivity contribution in [1.29, 1.82) is 0 Å². The number of anilines is 1. The fourth-order valence-electron chi connectivity index (χ4n) is 3.42. The Balaban J connectivity index is 1.77. The molecular weight excluding hydrogens is 446 g/mol.